The van der Waals surface area contributed by atoms with Gasteiger partial charge in [0.15, 0.2) is 5.96 Å². The van der Waals surface area contributed by atoms with Gasteiger partial charge in [-0.25, -0.2) is 0 Å². The van der Waals surface area contributed by atoms with Crippen LogP contribution in [0.4, 0.5) is 0 Å². The lowest BCUT2D eigenvalue weighted by molar-refractivity contribution is -0.136. The number of halogens is 1. The van der Waals surface area contributed by atoms with Crippen molar-refractivity contribution < 1.29 is 13.7 Å². The number of hydrogen-bond donors (Lipinski definition) is 1. The average molecular weight is 544 g/mol. The van der Waals surface area contributed by atoms with E-state index in [0.717, 1.165) is 38.7 Å². The summed E-state index contributed by atoms with van der Waals surface area (Å²) in [6.45, 7) is 15.9. The third kappa shape index (κ3) is 9.06. The van der Waals surface area contributed by atoms with Gasteiger partial charge < -0.3 is 19.9 Å². The smallest absolute Gasteiger partial charge is 0.236 e. The van der Waals surface area contributed by atoms with Gasteiger partial charge >= 0.3 is 0 Å². The van der Waals surface area contributed by atoms with Gasteiger partial charge in [-0.1, -0.05) is 0 Å². The highest BCUT2D eigenvalue weighted by atomic mass is 127. The Balaban J connectivity index is 0.00000420. The van der Waals surface area contributed by atoms with E-state index in [2.05, 4.69) is 27.0 Å². The summed E-state index contributed by atoms with van der Waals surface area (Å²) < 4.78 is 17.3. The largest absolute Gasteiger partial charge is 0.378 e. The van der Waals surface area contributed by atoms with E-state index in [1.807, 2.05) is 25.7 Å². The van der Waals surface area contributed by atoms with E-state index in [4.69, 9.17) is 4.74 Å². The van der Waals surface area contributed by atoms with Gasteiger partial charge in [-0.2, -0.15) is 0 Å². The summed E-state index contributed by atoms with van der Waals surface area (Å²) in [4.78, 5) is 23.5. The Hall–Kier alpha value is -0.460. The first-order chi connectivity index (χ1) is 13.3. The lowest BCUT2D eigenvalue weighted by Crippen LogP contribution is -2.55. The fraction of sp³-hybridized carbons (Fsp3) is 0.895. The predicted octanol–water partition coefficient (Wildman–Crippen LogP) is 0.594. The number of guanidine groups is 1. The summed E-state index contributed by atoms with van der Waals surface area (Å²) >= 11 is 0. The second kappa shape index (κ2) is 13.1. The number of ether oxygens (including phenoxy) is 1. The van der Waals surface area contributed by atoms with E-state index < -0.39 is 10.8 Å². The minimum Gasteiger partial charge on any atom is -0.378 e. The highest BCUT2D eigenvalue weighted by molar-refractivity contribution is 14.0. The van der Waals surface area contributed by atoms with Crippen LogP contribution < -0.4 is 5.32 Å². The summed E-state index contributed by atoms with van der Waals surface area (Å²) in [5.74, 6) is 1.65. The maximum atomic E-state index is 12.4. The molecule has 1 unspecified atom stereocenters. The topological polar surface area (TPSA) is 77.5 Å². The molecular weight excluding hydrogens is 505 g/mol. The lowest BCUT2D eigenvalue weighted by atomic mass is 10.3. The Bertz CT molecular complexity index is 557. The van der Waals surface area contributed by atoms with Crippen LogP contribution >= 0.6 is 24.0 Å². The van der Waals surface area contributed by atoms with Crippen LogP contribution in [0.5, 0.6) is 0 Å². The molecule has 2 fully saturated rings. The molecule has 0 aromatic heterocycles. The molecule has 8 nitrogen and oxygen atoms in total. The van der Waals surface area contributed by atoms with Gasteiger partial charge in [-0.05, 0) is 27.7 Å². The standard InChI is InChI=1S/C19H37N5O3S.HI/c1-5-20-18(21-6-15-28(26)19(2,3)4)24-9-7-22(8-10-24)16-17(25)23-11-13-27-14-12-23;/h5-16H2,1-4H3,(H,20,21);1H. The number of hydrogen-bond acceptors (Lipinski definition) is 5. The minimum atomic E-state index is -0.890. The van der Waals surface area contributed by atoms with Crippen molar-refractivity contribution in [1.82, 2.24) is 20.0 Å². The molecule has 0 spiro atoms. The maximum Gasteiger partial charge on any atom is 0.236 e. The van der Waals surface area contributed by atoms with Crippen LogP contribution in [0.2, 0.25) is 0 Å². The lowest BCUT2D eigenvalue weighted by Gasteiger charge is -2.37. The summed E-state index contributed by atoms with van der Waals surface area (Å²) in [5, 5.41) is 3.34. The zero-order valence-corrected chi connectivity index (χ0v) is 21.5. The van der Waals surface area contributed by atoms with Gasteiger partial charge in [0.1, 0.15) is 0 Å². The van der Waals surface area contributed by atoms with Crippen LogP contribution in [0, 0.1) is 0 Å². The first-order valence-corrected chi connectivity index (χ1v) is 11.6. The first kappa shape index (κ1) is 26.6. The van der Waals surface area contributed by atoms with Crippen LogP contribution in [0.25, 0.3) is 0 Å². The molecule has 10 heteroatoms. The van der Waals surface area contributed by atoms with Gasteiger partial charge in [-0.15, -0.1) is 24.0 Å². The summed E-state index contributed by atoms with van der Waals surface area (Å²) in [5.41, 5.74) is 0. The predicted molar refractivity (Wildman–Crippen MR) is 130 cm³/mol. The number of amides is 1. The number of morpholine rings is 1. The van der Waals surface area contributed by atoms with Crippen LogP contribution in [-0.4, -0.2) is 113 Å². The molecule has 2 aliphatic rings. The van der Waals surface area contributed by atoms with E-state index in [9.17, 15) is 9.00 Å². The Kier molecular flexibility index (Phi) is 12.0. The van der Waals surface area contributed by atoms with E-state index >= 15 is 0 Å². The Morgan fingerprint density at radius 3 is 2.24 bits per heavy atom. The second-order valence-corrected chi connectivity index (χ2v) is 10.5. The van der Waals surface area contributed by atoms with Crippen LogP contribution in [0.3, 0.4) is 0 Å². The molecule has 1 amide bonds. The fourth-order valence-electron chi connectivity index (χ4n) is 3.19. The average Bonchev–Trinajstić information content (AvgIpc) is 2.68. The number of carbonyl (C=O) groups excluding carboxylic acids is 1. The van der Waals surface area contributed by atoms with Crippen molar-refractivity contribution in [2.24, 2.45) is 4.99 Å². The highest BCUT2D eigenvalue weighted by Gasteiger charge is 2.24. The van der Waals surface area contributed by atoms with Crippen molar-refractivity contribution in [2.45, 2.75) is 32.4 Å². The van der Waals surface area contributed by atoms with Gasteiger partial charge in [0.2, 0.25) is 5.91 Å². The maximum absolute atomic E-state index is 12.4. The minimum absolute atomic E-state index is 0. The second-order valence-electron chi connectivity index (χ2n) is 8.15. The molecule has 2 aliphatic heterocycles. The summed E-state index contributed by atoms with van der Waals surface area (Å²) in [7, 11) is -0.890. The van der Waals surface area contributed by atoms with E-state index in [-0.39, 0.29) is 34.6 Å². The molecule has 2 saturated heterocycles. The Morgan fingerprint density at radius 2 is 1.69 bits per heavy atom. The zero-order valence-electron chi connectivity index (χ0n) is 18.3. The normalized spacial score (nSPS) is 20.2. The van der Waals surface area contributed by atoms with Gasteiger partial charge in [0.05, 0.1) is 26.3 Å². The zero-order chi connectivity index (χ0) is 20.6. The molecule has 29 heavy (non-hydrogen) atoms. The molecule has 2 heterocycles. The third-order valence-electron chi connectivity index (χ3n) is 4.95. The molecular formula is C19H38IN5O3S. The number of piperazine rings is 1. The number of nitrogens with one attached hydrogen (secondary N) is 1. The third-order valence-corrected chi connectivity index (χ3v) is 6.87. The molecule has 0 saturated carbocycles. The number of carbonyl (C=O) groups is 1. The fourth-order valence-corrected chi connectivity index (χ4v) is 4.06. The van der Waals surface area contributed by atoms with E-state index in [0.29, 0.717) is 45.1 Å². The van der Waals surface area contributed by atoms with Crippen LogP contribution in [-0.2, 0) is 20.3 Å². The quantitative estimate of drug-likeness (QED) is 0.301. The molecule has 2 rings (SSSR count). The van der Waals surface area contributed by atoms with Gasteiger partial charge in [-0.3, -0.25) is 18.9 Å². The Morgan fingerprint density at radius 1 is 1.07 bits per heavy atom. The summed E-state index contributed by atoms with van der Waals surface area (Å²) in [6.07, 6.45) is 0. The number of aliphatic imine (C=N–C) groups is 1. The summed E-state index contributed by atoms with van der Waals surface area (Å²) in [6, 6.07) is 0. The van der Waals surface area contributed by atoms with Crippen LogP contribution in [0.1, 0.15) is 27.7 Å². The van der Waals surface area contributed by atoms with Crippen LogP contribution in [0.15, 0.2) is 4.99 Å². The van der Waals surface area contributed by atoms with E-state index in [1.54, 1.807) is 0 Å². The SMILES string of the molecule is CCNC(=NCCS(=O)C(C)(C)C)N1CCN(CC(=O)N2CCOCC2)CC1.I. The van der Waals surface area contributed by atoms with Gasteiger partial charge in [0.25, 0.3) is 0 Å². The molecule has 1 atom stereocenters. The van der Waals surface area contributed by atoms with Crippen molar-refractivity contribution >= 4 is 46.6 Å². The Labute approximate surface area is 195 Å². The molecule has 0 aromatic carbocycles. The van der Waals surface area contributed by atoms with E-state index in [1.165, 1.54) is 0 Å². The molecule has 0 bridgehead atoms. The molecule has 0 aromatic rings. The van der Waals surface area contributed by atoms with Crippen molar-refractivity contribution in [2.75, 3.05) is 77.9 Å². The van der Waals surface area contributed by atoms with Gasteiger partial charge in [0, 0.05) is 67.1 Å². The molecule has 0 aliphatic carbocycles. The molecule has 170 valence electrons. The highest BCUT2D eigenvalue weighted by Crippen LogP contribution is 2.11. The van der Waals surface area contributed by atoms with Crippen molar-refractivity contribution in [3.05, 3.63) is 0 Å². The number of nitrogens with zero attached hydrogens (tertiary/aromatic N) is 4. The first-order valence-electron chi connectivity index (χ1n) is 10.3. The monoisotopic (exact) mass is 543 g/mol. The van der Waals surface area contributed by atoms with Crippen molar-refractivity contribution in [1.29, 1.82) is 0 Å². The molecule has 1 N–H and O–H groups in total. The van der Waals surface area contributed by atoms with Crippen molar-refractivity contribution in [3.8, 4) is 0 Å². The van der Waals surface area contributed by atoms with Crippen molar-refractivity contribution in [3.63, 3.8) is 0 Å². The number of rotatable bonds is 6. The molecule has 0 radical (unpaired) electrons.